The fourth-order valence-corrected chi connectivity index (χ4v) is 1.67. The lowest BCUT2D eigenvalue weighted by molar-refractivity contribution is 0.111. The second-order valence-corrected chi connectivity index (χ2v) is 3.50. The monoisotopic (exact) mass is 239 g/mol. The van der Waals surface area contributed by atoms with Gasteiger partial charge in [-0.25, -0.2) is 0 Å². The highest BCUT2D eigenvalue weighted by Crippen LogP contribution is 2.36. The van der Waals surface area contributed by atoms with Crippen molar-refractivity contribution < 1.29 is 19.4 Å². The number of ether oxygens (including phenoxy) is 2. The summed E-state index contributed by atoms with van der Waals surface area (Å²) in [5, 5.41) is 12.8. The molecule has 1 rings (SSSR count). The van der Waals surface area contributed by atoms with Crippen molar-refractivity contribution in [1.82, 2.24) is 5.32 Å². The van der Waals surface area contributed by atoms with Gasteiger partial charge in [0.15, 0.2) is 17.8 Å². The Morgan fingerprint density at radius 2 is 2.00 bits per heavy atom. The molecule has 0 bridgehead atoms. The van der Waals surface area contributed by atoms with E-state index in [-0.39, 0.29) is 0 Å². The average Bonchev–Trinajstić information content (AvgIpc) is 2.36. The Kier molecular flexibility index (Phi) is 4.93. The fraction of sp³-hybridized carbons (Fsp3) is 0.417. The molecule has 0 spiro atoms. The largest absolute Gasteiger partial charge is 0.492 e. The van der Waals surface area contributed by atoms with Crippen molar-refractivity contribution in [1.29, 1.82) is 0 Å². The summed E-state index contributed by atoms with van der Waals surface area (Å²) >= 11 is 0. The molecular weight excluding hydrogens is 222 g/mol. The second-order valence-electron chi connectivity index (χ2n) is 3.50. The number of hydrogen-bond donors (Lipinski definition) is 2. The molecule has 94 valence electrons. The first-order chi connectivity index (χ1) is 8.19. The van der Waals surface area contributed by atoms with Gasteiger partial charge in [-0.05, 0) is 13.1 Å². The number of likely N-dealkylation sites (N-methyl/N-ethyl adjacent to an activating group) is 1. The molecule has 2 N–H and O–H groups in total. The van der Waals surface area contributed by atoms with Crippen LogP contribution in [0.5, 0.6) is 11.5 Å². The number of benzene rings is 1. The number of aldehydes is 1. The van der Waals surface area contributed by atoms with E-state index in [2.05, 4.69) is 5.32 Å². The molecule has 1 atom stereocenters. The third kappa shape index (κ3) is 2.75. The number of hydrogen-bond acceptors (Lipinski definition) is 5. The number of nitrogens with one attached hydrogen (secondary N) is 1. The number of carbonyl (C=O) groups excluding carboxylic acids is 1. The number of aliphatic hydroxyl groups is 1. The Hall–Kier alpha value is -1.59. The van der Waals surface area contributed by atoms with E-state index >= 15 is 0 Å². The van der Waals surface area contributed by atoms with Crippen LogP contribution in [0.3, 0.4) is 0 Å². The van der Waals surface area contributed by atoms with Crippen molar-refractivity contribution in [3.05, 3.63) is 23.3 Å². The van der Waals surface area contributed by atoms with E-state index in [9.17, 15) is 9.90 Å². The van der Waals surface area contributed by atoms with Gasteiger partial charge in [0, 0.05) is 12.1 Å². The maximum atomic E-state index is 10.9. The van der Waals surface area contributed by atoms with E-state index in [0.717, 1.165) is 0 Å². The van der Waals surface area contributed by atoms with Crippen molar-refractivity contribution in [3.63, 3.8) is 0 Å². The molecule has 0 aliphatic rings. The summed E-state index contributed by atoms with van der Waals surface area (Å²) in [6, 6.07) is 3.26. The highest BCUT2D eigenvalue weighted by molar-refractivity contribution is 5.82. The average molecular weight is 239 g/mol. The molecule has 5 nitrogen and oxygen atoms in total. The van der Waals surface area contributed by atoms with Gasteiger partial charge in [0.2, 0.25) is 0 Å². The molecule has 1 aromatic rings. The molecule has 5 heteroatoms. The van der Waals surface area contributed by atoms with Crippen LogP contribution in [0.15, 0.2) is 12.1 Å². The summed E-state index contributed by atoms with van der Waals surface area (Å²) in [5.74, 6) is 0.731. The zero-order valence-corrected chi connectivity index (χ0v) is 10.2. The van der Waals surface area contributed by atoms with Crippen molar-refractivity contribution in [2.24, 2.45) is 0 Å². The summed E-state index contributed by atoms with van der Waals surface area (Å²) in [4.78, 5) is 10.9. The topological polar surface area (TPSA) is 67.8 Å². The Bertz CT molecular complexity index is 392. The van der Waals surface area contributed by atoms with E-state index in [1.54, 1.807) is 19.2 Å². The molecule has 0 radical (unpaired) electrons. The molecule has 0 aliphatic heterocycles. The van der Waals surface area contributed by atoms with Crippen LogP contribution in [-0.2, 0) is 0 Å². The summed E-state index contributed by atoms with van der Waals surface area (Å²) in [6.07, 6.45) is -0.0279. The normalized spacial score (nSPS) is 12.0. The van der Waals surface area contributed by atoms with Crippen LogP contribution < -0.4 is 14.8 Å². The van der Waals surface area contributed by atoms with Crippen LogP contribution in [0.1, 0.15) is 22.0 Å². The van der Waals surface area contributed by atoms with Crippen molar-refractivity contribution in [2.75, 3.05) is 27.8 Å². The molecule has 17 heavy (non-hydrogen) atoms. The molecule has 0 saturated carbocycles. The van der Waals surface area contributed by atoms with Crippen molar-refractivity contribution in [2.45, 2.75) is 6.10 Å². The Morgan fingerprint density at radius 3 is 2.47 bits per heavy atom. The molecule has 1 unspecified atom stereocenters. The minimum absolute atomic E-state index is 0.343. The van der Waals surface area contributed by atoms with Gasteiger partial charge in [-0.3, -0.25) is 4.79 Å². The SMILES string of the molecule is CNCC(O)c1ccc(C=O)c(OC)c1OC. The van der Waals surface area contributed by atoms with Crippen molar-refractivity contribution >= 4 is 6.29 Å². The Balaban J connectivity index is 3.27. The molecule has 0 aliphatic carbocycles. The quantitative estimate of drug-likeness (QED) is 0.718. The van der Waals surface area contributed by atoms with E-state index in [1.165, 1.54) is 14.2 Å². The molecule has 0 fully saturated rings. The smallest absolute Gasteiger partial charge is 0.171 e. The lowest BCUT2D eigenvalue weighted by Crippen LogP contribution is -2.17. The fourth-order valence-electron chi connectivity index (χ4n) is 1.67. The van der Waals surface area contributed by atoms with Gasteiger partial charge in [0.1, 0.15) is 0 Å². The standard InChI is InChI=1S/C12H17NO4/c1-13-6-10(15)9-5-4-8(7-14)11(16-2)12(9)17-3/h4-5,7,10,13,15H,6H2,1-3H3. The van der Waals surface area contributed by atoms with Crippen LogP contribution in [-0.4, -0.2) is 39.2 Å². The molecule has 0 amide bonds. The Morgan fingerprint density at radius 1 is 1.35 bits per heavy atom. The summed E-state index contributed by atoms with van der Waals surface area (Å²) < 4.78 is 10.3. The lowest BCUT2D eigenvalue weighted by Gasteiger charge is -2.18. The zero-order valence-electron chi connectivity index (χ0n) is 10.2. The number of methoxy groups -OCH3 is 2. The number of rotatable bonds is 6. The first-order valence-corrected chi connectivity index (χ1v) is 5.22. The summed E-state index contributed by atoms with van der Waals surface area (Å²) in [7, 11) is 4.67. The first kappa shape index (κ1) is 13.5. The van der Waals surface area contributed by atoms with Crippen LogP contribution in [0.2, 0.25) is 0 Å². The van der Waals surface area contributed by atoms with E-state index in [4.69, 9.17) is 9.47 Å². The third-order valence-corrected chi connectivity index (χ3v) is 2.46. The minimum atomic E-state index is -0.718. The molecule has 0 saturated heterocycles. The minimum Gasteiger partial charge on any atom is -0.492 e. The zero-order chi connectivity index (χ0) is 12.8. The highest BCUT2D eigenvalue weighted by Gasteiger charge is 2.19. The predicted octanol–water partition coefficient (Wildman–Crippen LogP) is 0.769. The Labute approximate surface area is 100 Å². The van der Waals surface area contributed by atoms with Crippen LogP contribution >= 0.6 is 0 Å². The van der Waals surface area contributed by atoms with Gasteiger partial charge < -0.3 is 19.9 Å². The second kappa shape index (κ2) is 6.22. The molecular formula is C12H17NO4. The van der Waals surface area contributed by atoms with E-state index in [0.29, 0.717) is 35.5 Å². The first-order valence-electron chi connectivity index (χ1n) is 5.22. The van der Waals surface area contributed by atoms with Gasteiger partial charge in [0.05, 0.1) is 25.9 Å². The van der Waals surface area contributed by atoms with Crippen LogP contribution in [0.4, 0.5) is 0 Å². The van der Waals surface area contributed by atoms with Crippen LogP contribution in [0, 0.1) is 0 Å². The van der Waals surface area contributed by atoms with Gasteiger partial charge in [-0.15, -0.1) is 0 Å². The summed E-state index contributed by atoms with van der Waals surface area (Å²) in [5.41, 5.74) is 0.981. The van der Waals surface area contributed by atoms with Crippen molar-refractivity contribution in [3.8, 4) is 11.5 Å². The predicted molar refractivity (Wildman–Crippen MR) is 63.8 cm³/mol. The summed E-state index contributed by atoms with van der Waals surface area (Å²) in [6.45, 7) is 0.389. The van der Waals surface area contributed by atoms with E-state index < -0.39 is 6.10 Å². The van der Waals surface area contributed by atoms with Gasteiger partial charge in [0.25, 0.3) is 0 Å². The van der Waals surface area contributed by atoms with Gasteiger partial charge in [-0.2, -0.15) is 0 Å². The highest BCUT2D eigenvalue weighted by atomic mass is 16.5. The number of aliphatic hydroxyl groups excluding tert-OH is 1. The lowest BCUT2D eigenvalue weighted by atomic mass is 10.0. The maximum absolute atomic E-state index is 10.9. The molecule has 0 aromatic heterocycles. The van der Waals surface area contributed by atoms with Gasteiger partial charge >= 0.3 is 0 Å². The molecule has 1 aromatic carbocycles. The molecule has 0 heterocycles. The maximum Gasteiger partial charge on any atom is 0.171 e. The van der Waals surface area contributed by atoms with Gasteiger partial charge in [-0.1, -0.05) is 6.07 Å². The third-order valence-electron chi connectivity index (χ3n) is 2.46. The van der Waals surface area contributed by atoms with E-state index in [1.807, 2.05) is 0 Å². The number of carbonyl (C=O) groups is 1. The van der Waals surface area contributed by atoms with Crippen LogP contribution in [0.25, 0.3) is 0 Å².